The Kier molecular flexibility index (Phi) is 11.1. The van der Waals surface area contributed by atoms with E-state index in [1.165, 1.54) is 18.2 Å². The molecule has 0 radical (unpaired) electrons. The first kappa shape index (κ1) is 39.8. The minimum absolute atomic E-state index is 0.00352. The number of para-hydroxylation sites is 1. The summed E-state index contributed by atoms with van der Waals surface area (Å²) < 4.78 is 1.73. The van der Waals surface area contributed by atoms with E-state index in [0.29, 0.717) is 62.0 Å². The number of amides is 6. The first-order valence-corrected chi connectivity index (χ1v) is 20.0. The zero-order valence-corrected chi connectivity index (χ0v) is 33.5. The third kappa shape index (κ3) is 8.29. The highest BCUT2D eigenvalue weighted by Gasteiger charge is 2.44. The zero-order chi connectivity index (χ0) is 42.1. The molecule has 17 nitrogen and oxygen atoms in total. The first-order valence-electron chi connectivity index (χ1n) is 20.0. The number of anilines is 5. The predicted molar refractivity (Wildman–Crippen MR) is 223 cm³/mol. The van der Waals surface area contributed by atoms with Gasteiger partial charge in [-0.05, 0) is 99.6 Å². The van der Waals surface area contributed by atoms with Crippen molar-refractivity contribution >= 4 is 75.3 Å². The molecule has 5 aromatic rings. The van der Waals surface area contributed by atoms with Gasteiger partial charge in [-0.1, -0.05) is 30.3 Å². The van der Waals surface area contributed by atoms with Gasteiger partial charge in [-0.15, -0.1) is 0 Å². The number of likely N-dealkylation sites (tertiary alicyclic amines) is 1. The average Bonchev–Trinajstić information content (AvgIpc) is 3.67. The second-order valence-electron chi connectivity index (χ2n) is 15.5. The molecular formula is C43H45N11O6. The fraction of sp³-hybridized carbons (Fsp3) is 0.326. The number of carbonyl (C=O) groups is 6. The van der Waals surface area contributed by atoms with Gasteiger partial charge in [0.05, 0.1) is 23.1 Å². The van der Waals surface area contributed by atoms with Crippen LogP contribution in [0.2, 0.25) is 0 Å². The van der Waals surface area contributed by atoms with E-state index in [4.69, 9.17) is 4.98 Å². The molecule has 2 saturated heterocycles. The van der Waals surface area contributed by atoms with E-state index in [0.717, 1.165) is 38.4 Å². The lowest BCUT2D eigenvalue weighted by Crippen LogP contribution is -2.54. The molecule has 2 aromatic heterocycles. The van der Waals surface area contributed by atoms with E-state index in [9.17, 15) is 28.8 Å². The van der Waals surface area contributed by atoms with Crippen LogP contribution < -0.4 is 26.6 Å². The number of nitrogens with zero attached hydrogens (tertiary/aromatic N) is 6. The lowest BCUT2D eigenvalue weighted by molar-refractivity contribution is -0.136. The summed E-state index contributed by atoms with van der Waals surface area (Å²) in [5.41, 5.74) is 6.43. The number of benzene rings is 3. The highest BCUT2D eigenvalue weighted by atomic mass is 16.2. The molecule has 2 fully saturated rings. The van der Waals surface area contributed by atoms with Crippen molar-refractivity contribution in [1.29, 1.82) is 0 Å². The highest BCUT2D eigenvalue weighted by molar-refractivity contribution is 6.24. The van der Waals surface area contributed by atoms with Crippen molar-refractivity contribution in [3.63, 3.8) is 0 Å². The highest BCUT2D eigenvalue weighted by Crippen LogP contribution is 2.31. The number of aromatic nitrogens is 4. The molecule has 3 aliphatic rings. The zero-order valence-electron chi connectivity index (χ0n) is 33.5. The molecule has 6 amide bonds. The maximum atomic E-state index is 13.1. The van der Waals surface area contributed by atoms with Gasteiger partial charge in [-0.2, -0.15) is 10.1 Å². The number of aryl methyl sites for hydroxylation is 3. The third-order valence-electron chi connectivity index (χ3n) is 11.3. The second-order valence-corrected chi connectivity index (χ2v) is 15.5. The smallest absolute Gasteiger partial charge is 0.262 e. The number of carbonyl (C=O) groups excluding carboxylic acids is 6. The molecule has 8 rings (SSSR count). The molecule has 0 bridgehead atoms. The fourth-order valence-electron chi connectivity index (χ4n) is 7.98. The fourth-order valence-corrected chi connectivity index (χ4v) is 7.98. The standard InChI is InChI=1S/C43H45N11O6/c1-24-5-4-6-25(2)36(24)49-37-32-22-45-43(50-38(32)52(3)51-37)47-28-9-7-26(8-10-28)15-18-44-39(57)27-16-19-53(20-17-27)23-35(56)46-29-11-12-30-31(21-29)42(60)54(41(30)59)33-13-14-34(55)48-40(33)58/h4-12,21-22,27,33H,13-20,23H2,1-3H3,(H,44,57)(H,46,56)(H,49,51)(H,45,47,50)(H,48,55,58). The summed E-state index contributed by atoms with van der Waals surface area (Å²) in [6.07, 6.45) is 3.74. The number of nitrogens with one attached hydrogen (secondary N) is 5. The molecule has 0 aliphatic carbocycles. The lowest BCUT2D eigenvalue weighted by Gasteiger charge is -2.30. The summed E-state index contributed by atoms with van der Waals surface area (Å²) >= 11 is 0. The Balaban J connectivity index is 0.762. The van der Waals surface area contributed by atoms with Crippen LogP contribution in [-0.4, -0.2) is 97.2 Å². The molecule has 60 heavy (non-hydrogen) atoms. The minimum Gasteiger partial charge on any atom is -0.356 e. The van der Waals surface area contributed by atoms with E-state index in [-0.39, 0.29) is 48.2 Å². The van der Waals surface area contributed by atoms with Crippen molar-refractivity contribution in [2.24, 2.45) is 13.0 Å². The van der Waals surface area contributed by atoms with Crippen LogP contribution in [0.15, 0.2) is 66.9 Å². The summed E-state index contributed by atoms with van der Waals surface area (Å²) in [5, 5.41) is 20.2. The average molecular weight is 812 g/mol. The Morgan fingerprint density at radius 2 is 1.58 bits per heavy atom. The number of hydrogen-bond donors (Lipinski definition) is 5. The van der Waals surface area contributed by atoms with Crippen LogP contribution in [-0.2, 0) is 32.6 Å². The number of rotatable bonds is 12. The minimum atomic E-state index is -1.07. The van der Waals surface area contributed by atoms with Crippen molar-refractivity contribution in [2.45, 2.75) is 52.0 Å². The molecule has 3 aromatic carbocycles. The van der Waals surface area contributed by atoms with E-state index >= 15 is 0 Å². The van der Waals surface area contributed by atoms with Crippen LogP contribution in [0.25, 0.3) is 11.0 Å². The van der Waals surface area contributed by atoms with Crippen LogP contribution in [0, 0.1) is 19.8 Å². The maximum Gasteiger partial charge on any atom is 0.262 e. The predicted octanol–water partition coefficient (Wildman–Crippen LogP) is 3.88. The normalized spacial score (nSPS) is 17.1. The van der Waals surface area contributed by atoms with Gasteiger partial charge in [-0.3, -0.25) is 43.9 Å². The Morgan fingerprint density at radius 1 is 0.867 bits per heavy atom. The Labute approximate surface area is 345 Å². The molecule has 5 N–H and O–H groups in total. The molecule has 17 heteroatoms. The van der Waals surface area contributed by atoms with Gasteiger partial charge in [0, 0.05) is 49.2 Å². The van der Waals surface area contributed by atoms with Gasteiger partial charge in [0.25, 0.3) is 11.8 Å². The number of fused-ring (bicyclic) bond motifs is 2. The molecule has 1 atom stereocenters. The molecule has 0 spiro atoms. The van der Waals surface area contributed by atoms with E-state index < -0.39 is 29.7 Å². The van der Waals surface area contributed by atoms with Gasteiger partial charge in [-0.25, -0.2) is 9.67 Å². The molecule has 1 unspecified atom stereocenters. The molecule has 0 saturated carbocycles. The molecule has 5 heterocycles. The van der Waals surface area contributed by atoms with Gasteiger partial charge >= 0.3 is 0 Å². The number of piperidine rings is 2. The number of imide groups is 2. The van der Waals surface area contributed by atoms with Gasteiger partial charge < -0.3 is 21.3 Å². The van der Waals surface area contributed by atoms with E-state index in [1.807, 2.05) is 42.3 Å². The monoisotopic (exact) mass is 811 g/mol. The van der Waals surface area contributed by atoms with Crippen LogP contribution >= 0.6 is 0 Å². The Hall–Kier alpha value is -7.01. The topological polar surface area (TPSA) is 213 Å². The molecule has 308 valence electrons. The SMILES string of the molecule is Cc1cccc(C)c1Nc1nn(C)c2nc(Nc3ccc(CCNC(=O)C4CCN(CC(=O)Nc5ccc6c(c5)C(=O)N(C5CCC(=O)NC5=O)C6=O)CC4)cc3)ncc12. The summed E-state index contributed by atoms with van der Waals surface area (Å²) in [4.78, 5) is 88.1. The summed E-state index contributed by atoms with van der Waals surface area (Å²) in [7, 11) is 1.85. The van der Waals surface area contributed by atoms with Gasteiger partial charge in [0.15, 0.2) is 11.5 Å². The third-order valence-corrected chi connectivity index (χ3v) is 11.3. The van der Waals surface area contributed by atoms with Crippen LogP contribution in [0.5, 0.6) is 0 Å². The quantitative estimate of drug-likeness (QED) is 0.114. The summed E-state index contributed by atoms with van der Waals surface area (Å²) in [5.74, 6) is -1.69. The molecule has 3 aliphatic heterocycles. The van der Waals surface area contributed by atoms with Crippen LogP contribution in [0.3, 0.4) is 0 Å². The van der Waals surface area contributed by atoms with Crippen molar-refractivity contribution in [2.75, 3.05) is 42.1 Å². The van der Waals surface area contributed by atoms with Crippen molar-refractivity contribution < 1.29 is 28.8 Å². The maximum absolute atomic E-state index is 13.1. The van der Waals surface area contributed by atoms with Crippen molar-refractivity contribution in [3.8, 4) is 0 Å². The Morgan fingerprint density at radius 3 is 2.32 bits per heavy atom. The van der Waals surface area contributed by atoms with E-state index in [2.05, 4.69) is 62.6 Å². The van der Waals surface area contributed by atoms with Crippen molar-refractivity contribution in [1.82, 2.24) is 40.2 Å². The van der Waals surface area contributed by atoms with Crippen LogP contribution in [0.4, 0.5) is 28.8 Å². The summed E-state index contributed by atoms with van der Waals surface area (Å²) in [6.45, 7) is 5.85. The second kappa shape index (κ2) is 16.7. The Bertz CT molecular complexity index is 2520. The number of hydrogen-bond acceptors (Lipinski definition) is 12. The van der Waals surface area contributed by atoms with E-state index in [1.54, 1.807) is 10.9 Å². The van der Waals surface area contributed by atoms with Gasteiger partial charge in [0.1, 0.15) is 6.04 Å². The first-order chi connectivity index (χ1) is 28.9. The molecular weight excluding hydrogens is 767 g/mol. The largest absolute Gasteiger partial charge is 0.356 e. The van der Waals surface area contributed by atoms with Gasteiger partial charge in [0.2, 0.25) is 29.6 Å². The lowest BCUT2D eigenvalue weighted by atomic mass is 9.96. The van der Waals surface area contributed by atoms with Crippen molar-refractivity contribution in [3.05, 3.63) is 94.7 Å². The van der Waals surface area contributed by atoms with Crippen LogP contribution in [0.1, 0.15) is 63.1 Å². The summed E-state index contributed by atoms with van der Waals surface area (Å²) in [6, 6.07) is 17.4.